The summed E-state index contributed by atoms with van der Waals surface area (Å²) in [5.41, 5.74) is 0.374. The highest BCUT2D eigenvalue weighted by atomic mass is 19.1. The van der Waals surface area contributed by atoms with E-state index in [1.165, 1.54) is 18.5 Å². The predicted octanol–water partition coefficient (Wildman–Crippen LogP) is 3.09. The number of aryl methyl sites for hydroxylation is 1. The average Bonchev–Trinajstić information content (AvgIpc) is 2.51. The smallest absolute Gasteiger partial charge is 0.267 e. The fourth-order valence-corrected chi connectivity index (χ4v) is 2.39. The van der Waals surface area contributed by atoms with Crippen LogP contribution in [0.4, 0.5) is 8.78 Å². The van der Waals surface area contributed by atoms with E-state index in [1.54, 1.807) is 19.1 Å². The molecule has 0 aliphatic heterocycles. The Balaban J connectivity index is 2.43. The molecule has 1 aromatic carbocycles. The van der Waals surface area contributed by atoms with Crippen molar-refractivity contribution < 1.29 is 8.78 Å². The average molecular weight is 299 g/mol. The van der Waals surface area contributed by atoms with Crippen molar-refractivity contribution in [2.45, 2.75) is 6.92 Å². The SMILES string of the molecule is Cc1n[nH]c(=O)c(-c2c(F)cccc2F)c1-c1ccncc1. The van der Waals surface area contributed by atoms with Gasteiger partial charge >= 0.3 is 0 Å². The van der Waals surface area contributed by atoms with Crippen molar-refractivity contribution >= 4 is 0 Å². The maximum absolute atomic E-state index is 14.1. The molecule has 0 saturated heterocycles. The van der Waals surface area contributed by atoms with Crippen LogP contribution in [0.15, 0.2) is 47.5 Å². The molecule has 0 unspecified atom stereocenters. The molecule has 4 nitrogen and oxygen atoms in total. The first-order chi connectivity index (χ1) is 10.6. The Hall–Kier alpha value is -2.89. The number of hydrogen-bond donors (Lipinski definition) is 1. The number of aromatic amines is 1. The molecule has 0 radical (unpaired) electrons. The first-order valence-electron chi connectivity index (χ1n) is 6.53. The van der Waals surface area contributed by atoms with Crippen LogP contribution in [0.25, 0.3) is 22.3 Å². The molecular weight excluding hydrogens is 288 g/mol. The van der Waals surface area contributed by atoms with E-state index >= 15 is 0 Å². The minimum Gasteiger partial charge on any atom is -0.267 e. The first-order valence-corrected chi connectivity index (χ1v) is 6.53. The second kappa shape index (κ2) is 5.48. The summed E-state index contributed by atoms with van der Waals surface area (Å²) in [6.07, 6.45) is 3.08. The van der Waals surface area contributed by atoms with Crippen LogP contribution in [0, 0.1) is 18.6 Å². The topological polar surface area (TPSA) is 58.6 Å². The number of hydrogen-bond acceptors (Lipinski definition) is 3. The standard InChI is InChI=1S/C16H11F2N3O/c1-9-13(10-5-7-19-8-6-10)15(16(22)21-20-9)14-11(17)3-2-4-12(14)18/h2-8H,1H3,(H,21,22). The summed E-state index contributed by atoms with van der Waals surface area (Å²) in [5.74, 6) is -1.60. The van der Waals surface area contributed by atoms with Gasteiger partial charge in [0.2, 0.25) is 0 Å². The van der Waals surface area contributed by atoms with E-state index < -0.39 is 17.2 Å². The van der Waals surface area contributed by atoms with Crippen LogP contribution in [0.1, 0.15) is 5.69 Å². The molecule has 0 amide bonds. The fraction of sp³-hybridized carbons (Fsp3) is 0.0625. The summed E-state index contributed by atoms with van der Waals surface area (Å²) < 4.78 is 28.2. The second-order valence-corrected chi connectivity index (χ2v) is 4.72. The number of H-pyrrole nitrogens is 1. The lowest BCUT2D eigenvalue weighted by Gasteiger charge is -2.12. The molecular formula is C16H11F2N3O. The summed E-state index contributed by atoms with van der Waals surface area (Å²) in [4.78, 5) is 16.1. The molecule has 3 rings (SSSR count). The van der Waals surface area contributed by atoms with Gasteiger partial charge in [-0.1, -0.05) is 6.07 Å². The van der Waals surface area contributed by atoms with Crippen molar-refractivity contribution in [2.24, 2.45) is 0 Å². The second-order valence-electron chi connectivity index (χ2n) is 4.72. The highest BCUT2D eigenvalue weighted by molar-refractivity contribution is 5.84. The molecule has 2 heterocycles. The molecule has 3 aromatic rings. The number of rotatable bonds is 2. The van der Waals surface area contributed by atoms with Gasteiger partial charge in [-0.3, -0.25) is 9.78 Å². The van der Waals surface area contributed by atoms with Gasteiger partial charge in [-0.15, -0.1) is 0 Å². The summed E-state index contributed by atoms with van der Waals surface area (Å²) >= 11 is 0. The minimum atomic E-state index is -0.800. The number of benzene rings is 1. The van der Waals surface area contributed by atoms with E-state index in [0.717, 1.165) is 12.1 Å². The largest absolute Gasteiger partial charge is 0.272 e. The third kappa shape index (κ3) is 2.28. The first kappa shape index (κ1) is 14.1. The van der Waals surface area contributed by atoms with Crippen LogP contribution in [-0.4, -0.2) is 15.2 Å². The van der Waals surface area contributed by atoms with Crippen molar-refractivity contribution in [2.75, 3.05) is 0 Å². The predicted molar refractivity (Wildman–Crippen MR) is 78.2 cm³/mol. The summed E-state index contributed by atoms with van der Waals surface area (Å²) in [7, 11) is 0. The molecule has 110 valence electrons. The molecule has 0 fully saturated rings. The lowest BCUT2D eigenvalue weighted by Crippen LogP contribution is -2.15. The van der Waals surface area contributed by atoms with Crippen molar-refractivity contribution in [3.63, 3.8) is 0 Å². The molecule has 0 aliphatic carbocycles. The van der Waals surface area contributed by atoms with Crippen molar-refractivity contribution in [3.8, 4) is 22.3 Å². The highest BCUT2D eigenvalue weighted by Gasteiger charge is 2.21. The van der Waals surface area contributed by atoms with E-state index in [2.05, 4.69) is 15.2 Å². The zero-order chi connectivity index (χ0) is 15.7. The Morgan fingerprint density at radius 1 is 0.955 bits per heavy atom. The summed E-state index contributed by atoms with van der Waals surface area (Å²) in [5, 5.41) is 6.17. The Bertz CT molecular complexity index is 871. The zero-order valence-corrected chi connectivity index (χ0v) is 11.6. The van der Waals surface area contributed by atoms with Gasteiger partial charge in [0, 0.05) is 18.0 Å². The van der Waals surface area contributed by atoms with Crippen LogP contribution in [0.3, 0.4) is 0 Å². The Kier molecular flexibility index (Phi) is 3.50. The Morgan fingerprint density at radius 2 is 1.59 bits per heavy atom. The molecule has 6 heteroatoms. The molecule has 0 saturated carbocycles. The quantitative estimate of drug-likeness (QED) is 0.791. The molecule has 1 N–H and O–H groups in total. The lowest BCUT2D eigenvalue weighted by molar-refractivity contribution is 0.589. The van der Waals surface area contributed by atoms with Crippen LogP contribution in [-0.2, 0) is 0 Å². The van der Waals surface area contributed by atoms with E-state index in [1.807, 2.05) is 0 Å². The number of nitrogens with one attached hydrogen (secondary N) is 1. The minimum absolute atomic E-state index is 0.0747. The maximum atomic E-state index is 14.1. The van der Waals surface area contributed by atoms with Gasteiger partial charge in [-0.25, -0.2) is 13.9 Å². The Morgan fingerprint density at radius 3 is 2.23 bits per heavy atom. The molecule has 0 atom stereocenters. The Labute approximate surface area is 124 Å². The van der Waals surface area contributed by atoms with Crippen LogP contribution in [0.5, 0.6) is 0 Å². The summed E-state index contributed by atoms with van der Waals surface area (Å²) in [6, 6.07) is 6.80. The fourth-order valence-electron chi connectivity index (χ4n) is 2.39. The molecule has 0 aliphatic rings. The number of nitrogens with zero attached hydrogens (tertiary/aromatic N) is 2. The van der Waals surface area contributed by atoms with E-state index in [0.29, 0.717) is 16.8 Å². The van der Waals surface area contributed by atoms with Gasteiger partial charge < -0.3 is 0 Å². The van der Waals surface area contributed by atoms with Gasteiger partial charge in [0.05, 0.1) is 16.8 Å². The number of aromatic nitrogens is 3. The molecule has 0 bridgehead atoms. The third-order valence-corrected chi connectivity index (χ3v) is 3.35. The van der Waals surface area contributed by atoms with Crippen LogP contribution in [0.2, 0.25) is 0 Å². The van der Waals surface area contributed by atoms with Gasteiger partial charge in [0.25, 0.3) is 5.56 Å². The van der Waals surface area contributed by atoms with Gasteiger partial charge in [-0.2, -0.15) is 5.10 Å². The van der Waals surface area contributed by atoms with E-state index in [-0.39, 0.29) is 11.1 Å². The summed E-state index contributed by atoms with van der Waals surface area (Å²) in [6.45, 7) is 1.66. The monoisotopic (exact) mass is 299 g/mol. The molecule has 0 spiro atoms. The van der Waals surface area contributed by atoms with Gasteiger partial charge in [-0.05, 0) is 36.8 Å². The third-order valence-electron chi connectivity index (χ3n) is 3.35. The van der Waals surface area contributed by atoms with Gasteiger partial charge in [0.15, 0.2) is 0 Å². The van der Waals surface area contributed by atoms with Gasteiger partial charge in [0.1, 0.15) is 11.6 Å². The van der Waals surface area contributed by atoms with Crippen LogP contribution >= 0.6 is 0 Å². The van der Waals surface area contributed by atoms with E-state index in [9.17, 15) is 13.6 Å². The molecule has 2 aromatic heterocycles. The van der Waals surface area contributed by atoms with E-state index in [4.69, 9.17) is 0 Å². The van der Waals surface area contributed by atoms with Crippen LogP contribution < -0.4 is 5.56 Å². The normalized spacial score (nSPS) is 10.7. The van der Waals surface area contributed by atoms with Crippen molar-refractivity contribution in [3.05, 3.63) is 70.4 Å². The zero-order valence-electron chi connectivity index (χ0n) is 11.6. The van der Waals surface area contributed by atoms with Crippen molar-refractivity contribution in [1.82, 2.24) is 15.2 Å². The highest BCUT2D eigenvalue weighted by Crippen LogP contribution is 2.33. The maximum Gasteiger partial charge on any atom is 0.272 e. The molecule has 22 heavy (non-hydrogen) atoms. The number of halogens is 2. The van der Waals surface area contributed by atoms with Crippen molar-refractivity contribution in [1.29, 1.82) is 0 Å². The number of pyridine rings is 1. The lowest BCUT2D eigenvalue weighted by atomic mass is 9.95.